The lowest BCUT2D eigenvalue weighted by Crippen LogP contribution is -2.00. The van der Waals surface area contributed by atoms with Crippen LogP contribution < -0.4 is 5.32 Å². The molecule has 0 aromatic heterocycles. The number of allylic oxidation sites excluding steroid dienone is 2. The standard InChI is InChI=1S/C18H16Br2N2/c1-12-15(21-17-8-4-2-6-13(17)19)10-11-16(12)22-18-9-5-3-7-14(18)20/h2-9,21H,10-11H2,1H3. The first-order valence-corrected chi connectivity index (χ1v) is 8.77. The quantitative estimate of drug-likeness (QED) is 0.606. The van der Waals surface area contributed by atoms with Gasteiger partial charge in [-0.3, -0.25) is 4.99 Å². The molecule has 0 spiro atoms. The summed E-state index contributed by atoms with van der Waals surface area (Å²) in [5, 5.41) is 3.53. The van der Waals surface area contributed by atoms with Gasteiger partial charge in [-0.05, 0) is 81.5 Å². The fraction of sp³-hybridized carbons (Fsp3) is 0.167. The maximum absolute atomic E-state index is 4.81. The van der Waals surface area contributed by atoms with Crippen molar-refractivity contribution in [3.63, 3.8) is 0 Å². The van der Waals surface area contributed by atoms with Crippen LogP contribution in [0.3, 0.4) is 0 Å². The number of hydrogen-bond donors (Lipinski definition) is 1. The van der Waals surface area contributed by atoms with Gasteiger partial charge < -0.3 is 5.32 Å². The molecule has 3 rings (SSSR count). The van der Waals surface area contributed by atoms with Gasteiger partial charge in [0.15, 0.2) is 0 Å². The number of aliphatic imine (C=N–C) groups is 1. The number of benzene rings is 2. The molecule has 1 N–H and O–H groups in total. The van der Waals surface area contributed by atoms with E-state index in [1.54, 1.807) is 0 Å². The predicted octanol–water partition coefficient (Wildman–Crippen LogP) is 6.46. The minimum atomic E-state index is 0.972. The summed E-state index contributed by atoms with van der Waals surface area (Å²) < 4.78 is 2.11. The van der Waals surface area contributed by atoms with Crippen LogP contribution in [0, 0.1) is 0 Å². The summed E-state index contributed by atoms with van der Waals surface area (Å²) in [5.74, 6) is 0. The highest BCUT2D eigenvalue weighted by molar-refractivity contribution is 9.11. The summed E-state index contributed by atoms with van der Waals surface area (Å²) in [4.78, 5) is 4.81. The molecule has 0 fully saturated rings. The average molecular weight is 420 g/mol. The lowest BCUT2D eigenvalue weighted by Gasteiger charge is -2.10. The Morgan fingerprint density at radius 3 is 2.32 bits per heavy atom. The van der Waals surface area contributed by atoms with Gasteiger partial charge >= 0.3 is 0 Å². The van der Waals surface area contributed by atoms with Crippen LogP contribution in [-0.2, 0) is 0 Å². The number of halogens is 2. The van der Waals surface area contributed by atoms with Crippen LogP contribution in [-0.4, -0.2) is 5.71 Å². The van der Waals surface area contributed by atoms with Crippen LogP contribution in [0.2, 0.25) is 0 Å². The van der Waals surface area contributed by atoms with Crippen molar-refractivity contribution in [1.29, 1.82) is 0 Å². The van der Waals surface area contributed by atoms with Crippen molar-refractivity contribution in [1.82, 2.24) is 0 Å². The Morgan fingerprint density at radius 1 is 0.909 bits per heavy atom. The lowest BCUT2D eigenvalue weighted by molar-refractivity contribution is 1.06. The molecule has 0 aliphatic heterocycles. The maximum Gasteiger partial charge on any atom is 0.0775 e. The van der Waals surface area contributed by atoms with Crippen LogP contribution in [0.1, 0.15) is 19.8 Å². The second-order valence-electron chi connectivity index (χ2n) is 5.22. The number of hydrogen-bond acceptors (Lipinski definition) is 2. The van der Waals surface area contributed by atoms with Gasteiger partial charge in [0, 0.05) is 20.4 Å². The molecule has 112 valence electrons. The van der Waals surface area contributed by atoms with Crippen molar-refractivity contribution in [3.8, 4) is 0 Å². The van der Waals surface area contributed by atoms with Gasteiger partial charge in [0.1, 0.15) is 0 Å². The van der Waals surface area contributed by atoms with Gasteiger partial charge in [-0.25, -0.2) is 0 Å². The predicted molar refractivity (Wildman–Crippen MR) is 101 cm³/mol. The third kappa shape index (κ3) is 3.33. The van der Waals surface area contributed by atoms with E-state index in [2.05, 4.69) is 50.2 Å². The minimum Gasteiger partial charge on any atom is -0.358 e. The highest BCUT2D eigenvalue weighted by atomic mass is 79.9. The summed E-state index contributed by atoms with van der Waals surface area (Å²) in [6.07, 6.45) is 1.97. The number of nitrogens with zero attached hydrogens (tertiary/aromatic N) is 1. The molecule has 0 amide bonds. The van der Waals surface area contributed by atoms with Crippen LogP contribution in [0.25, 0.3) is 0 Å². The zero-order valence-electron chi connectivity index (χ0n) is 12.2. The Kier molecular flexibility index (Phi) is 4.79. The fourth-order valence-corrected chi connectivity index (χ4v) is 3.26. The molecule has 0 saturated heterocycles. The largest absolute Gasteiger partial charge is 0.358 e. The van der Waals surface area contributed by atoms with Crippen molar-refractivity contribution in [2.24, 2.45) is 4.99 Å². The summed E-state index contributed by atoms with van der Waals surface area (Å²) in [6.45, 7) is 2.14. The lowest BCUT2D eigenvalue weighted by atomic mass is 10.2. The minimum absolute atomic E-state index is 0.972. The molecular formula is C18H16Br2N2. The average Bonchev–Trinajstić information content (AvgIpc) is 2.85. The molecule has 2 aromatic carbocycles. The van der Waals surface area contributed by atoms with E-state index in [9.17, 15) is 0 Å². The van der Waals surface area contributed by atoms with E-state index in [0.29, 0.717) is 0 Å². The summed E-state index contributed by atoms with van der Waals surface area (Å²) in [7, 11) is 0. The smallest absolute Gasteiger partial charge is 0.0775 e. The summed E-state index contributed by atoms with van der Waals surface area (Å²) >= 11 is 7.14. The molecule has 0 atom stereocenters. The highest BCUT2D eigenvalue weighted by Gasteiger charge is 2.18. The molecule has 0 radical (unpaired) electrons. The second kappa shape index (κ2) is 6.80. The van der Waals surface area contributed by atoms with Crippen LogP contribution >= 0.6 is 31.9 Å². The molecule has 0 saturated carbocycles. The fourth-order valence-electron chi connectivity index (χ4n) is 2.50. The first-order chi connectivity index (χ1) is 10.6. The van der Waals surface area contributed by atoms with E-state index in [1.807, 2.05) is 42.5 Å². The maximum atomic E-state index is 4.81. The van der Waals surface area contributed by atoms with E-state index in [-0.39, 0.29) is 0 Å². The molecule has 0 unspecified atom stereocenters. The van der Waals surface area contributed by atoms with Crippen molar-refractivity contribution >= 4 is 48.9 Å². The Labute approximate surface area is 147 Å². The van der Waals surface area contributed by atoms with E-state index in [1.165, 1.54) is 11.3 Å². The normalized spacial score (nSPS) is 16.4. The van der Waals surface area contributed by atoms with Gasteiger partial charge in [-0.15, -0.1) is 0 Å². The third-order valence-electron chi connectivity index (χ3n) is 3.76. The number of anilines is 1. The van der Waals surface area contributed by atoms with Gasteiger partial charge in [0.2, 0.25) is 0 Å². The topological polar surface area (TPSA) is 24.4 Å². The zero-order valence-corrected chi connectivity index (χ0v) is 15.4. The Bertz CT molecular complexity index is 763. The molecule has 2 aromatic rings. The number of rotatable bonds is 3. The summed E-state index contributed by atoms with van der Waals surface area (Å²) in [5.41, 5.74) is 5.73. The molecular weight excluding hydrogens is 404 g/mol. The number of nitrogens with one attached hydrogen (secondary N) is 1. The molecule has 22 heavy (non-hydrogen) atoms. The van der Waals surface area contributed by atoms with E-state index in [4.69, 9.17) is 4.99 Å². The molecule has 0 bridgehead atoms. The van der Waals surface area contributed by atoms with Gasteiger partial charge in [0.25, 0.3) is 0 Å². The van der Waals surface area contributed by atoms with Crippen molar-refractivity contribution in [2.75, 3.05) is 5.32 Å². The molecule has 2 nitrogen and oxygen atoms in total. The van der Waals surface area contributed by atoms with Crippen LogP contribution in [0.15, 0.2) is 73.7 Å². The third-order valence-corrected chi connectivity index (χ3v) is 5.13. The van der Waals surface area contributed by atoms with Crippen molar-refractivity contribution in [3.05, 3.63) is 68.7 Å². The van der Waals surface area contributed by atoms with Crippen molar-refractivity contribution in [2.45, 2.75) is 19.8 Å². The monoisotopic (exact) mass is 418 g/mol. The van der Waals surface area contributed by atoms with Crippen LogP contribution in [0.5, 0.6) is 0 Å². The van der Waals surface area contributed by atoms with Gasteiger partial charge in [-0.1, -0.05) is 24.3 Å². The molecule has 4 heteroatoms. The van der Waals surface area contributed by atoms with Crippen molar-refractivity contribution < 1.29 is 0 Å². The summed E-state index contributed by atoms with van der Waals surface area (Å²) in [6, 6.07) is 16.2. The Hall–Kier alpha value is -1.39. The first-order valence-electron chi connectivity index (χ1n) is 7.19. The zero-order chi connectivity index (χ0) is 15.5. The molecule has 0 heterocycles. The SMILES string of the molecule is CC1=C(Nc2ccccc2Br)CCC1=Nc1ccccc1Br. The number of para-hydroxylation sites is 2. The van der Waals surface area contributed by atoms with Gasteiger partial charge in [-0.2, -0.15) is 0 Å². The Balaban J connectivity index is 1.87. The first kappa shape index (κ1) is 15.5. The van der Waals surface area contributed by atoms with E-state index < -0.39 is 0 Å². The van der Waals surface area contributed by atoms with Gasteiger partial charge in [0.05, 0.1) is 11.4 Å². The highest BCUT2D eigenvalue weighted by Crippen LogP contribution is 2.32. The van der Waals surface area contributed by atoms with Crippen LogP contribution in [0.4, 0.5) is 11.4 Å². The molecule has 1 aliphatic carbocycles. The Morgan fingerprint density at radius 2 is 1.59 bits per heavy atom. The van der Waals surface area contributed by atoms with E-state index in [0.717, 1.165) is 38.9 Å². The molecule has 1 aliphatic rings. The van der Waals surface area contributed by atoms with E-state index >= 15 is 0 Å². The second-order valence-corrected chi connectivity index (χ2v) is 6.93.